The van der Waals surface area contributed by atoms with Crippen molar-refractivity contribution in [3.8, 4) is 0 Å². The molecule has 0 amide bonds. The van der Waals surface area contributed by atoms with Gasteiger partial charge in [0, 0.05) is 11.6 Å². The van der Waals surface area contributed by atoms with Crippen LogP contribution in [0.25, 0.3) is 0 Å². The molecule has 3 unspecified atom stereocenters. The Hall–Kier alpha value is -1.57. The molecule has 0 aliphatic carbocycles. The average Bonchev–Trinajstić information content (AvgIpc) is 2.36. The van der Waals surface area contributed by atoms with E-state index in [2.05, 4.69) is 24.9 Å². The number of hydrogen-bond donors (Lipinski definition) is 1. The summed E-state index contributed by atoms with van der Waals surface area (Å²) in [5, 5.41) is 3.36. The van der Waals surface area contributed by atoms with Crippen LogP contribution in [0.2, 0.25) is 0 Å². The monoisotopic (exact) mass is 229 g/mol. The number of carbonyl (C=O) groups excluding carboxylic acids is 1. The Morgan fingerprint density at radius 2 is 2.18 bits per heavy atom. The predicted octanol–water partition coefficient (Wildman–Crippen LogP) is 3.37. The second-order valence-electron chi connectivity index (χ2n) is 4.65. The Balaban J connectivity index is 2.47. The van der Waals surface area contributed by atoms with Crippen LogP contribution in [0, 0.1) is 5.92 Å². The van der Waals surface area contributed by atoms with Crippen LogP contribution >= 0.6 is 0 Å². The van der Waals surface area contributed by atoms with Gasteiger partial charge in [0.2, 0.25) is 0 Å². The highest BCUT2D eigenvalue weighted by atomic mass is 16.1. The quantitative estimate of drug-likeness (QED) is 0.805. The first-order chi connectivity index (χ1) is 8.19. The van der Waals surface area contributed by atoms with E-state index in [1.165, 1.54) is 5.56 Å². The molecule has 0 radical (unpaired) electrons. The number of fused-ring (bicyclic) bond motifs is 1. The van der Waals surface area contributed by atoms with Crippen molar-refractivity contribution in [3.63, 3.8) is 0 Å². The third-order valence-corrected chi connectivity index (χ3v) is 3.68. The van der Waals surface area contributed by atoms with Gasteiger partial charge in [-0.2, -0.15) is 0 Å². The molecule has 0 saturated carbocycles. The first-order valence-corrected chi connectivity index (χ1v) is 6.17. The zero-order chi connectivity index (χ0) is 12.4. The molecule has 2 nitrogen and oxygen atoms in total. The minimum absolute atomic E-state index is 0.0853. The van der Waals surface area contributed by atoms with E-state index in [9.17, 15) is 4.79 Å². The smallest absolute Gasteiger partial charge is 0.152 e. The normalized spacial score (nSPS) is 26.8. The number of Topliss-reactive ketones (excluding diaryl/α,β-unsaturated/α-hetero) is 1. The summed E-state index contributed by atoms with van der Waals surface area (Å²) >= 11 is 0. The van der Waals surface area contributed by atoms with Crippen LogP contribution in [0.1, 0.15) is 31.7 Å². The molecule has 0 bridgehead atoms. The van der Waals surface area contributed by atoms with Crippen molar-refractivity contribution in [2.24, 2.45) is 5.92 Å². The highest BCUT2D eigenvalue weighted by Gasteiger charge is 2.35. The molecule has 90 valence electrons. The van der Waals surface area contributed by atoms with Gasteiger partial charge >= 0.3 is 0 Å². The van der Waals surface area contributed by atoms with Crippen LogP contribution in [0.3, 0.4) is 0 Å². The largest absolute Gasteiger partial charge is 0.375 e. The van der Waals surface area contributed by atoms with Crippen molar-refractivity contribution < 1.29 is 4.79 Å². The van der Waals surface area contributed by atoms with Gasteiger partial charge < -0.3 is 5.32 Å². The van der Waals surface area contributed by atoms with Gasteiger partial charge in [0.05, 0.1) is 6.04 Å². The van der Waals surface area contributed by atoms with Crippen molar-refractivity contribution >= 4 is 11.5 Å². The average molecular weight is 229 g/mol. The van der Waals surface area contributed by atoms with E-state index in [0.717, 1.165) is 12.1 Å². The van der Waals surface area contributed by atoms with Gasteiger partial charge in [-0.25, -0.2) is 0 Å². The first kappa shape index (κ1) is 11.9. The lowest BCUT2D eigenvalue weighted by atomic mass is 9.75. The van der Waals surface area contributed by atoms with E-state index in [1.54, 1.807) is 6.92 Å². The second kappa shape index (κ2) is 4.74. The molecule has 1 aromatic carbocycles. The van der Waals surface area contributed by atoms with Crippen LogP contribution in [-0.4, -0.2) is 11.8 Å². The van der Waals surface area contributed by atoms with Crippen molar-refractivity contribution in [3.05, 3.63) is 42.5 Å². The number of anilines is 1. The predicted molar refractivity (Wildman–Crippen MR) is 71.3 cm³/mol. The molecule has 0 fully saturated rings. The summed E-state index contributed by atoms with van der Waals surface area (Å²) in [5.41, 5.74) is 2.33. The summed E-state index contributed by atoms with van der Waals surface area (Å²) in [5.74, 6) is 0.782. The van der Waals surface area contributed by atoms with Crippen LogP contribution in [0.4, 0.5) is 5.69 Å². The molecular weight excluding hydrogens is 210 g/mol. The van der Waals surface area contributed by atoms with Crippen LogP contribution in [0.15, 0.2) is 36.9 Å². The Kier molecular flexibility index (Phi) is 3.32. The van der Waals surface area contributed by atoms with E-state index in [1.807, 2.05) is 24.3 Å². The van der Waals surface area contributed by atoms with Gasteiger partial charge in [-0.05, 0) is 24.5 Å². The van der Waals surface area contributed by atoms with Gasteiger partial charge in [-0.1, -0.05) is 37.6 Å². The zero-order valence-electron chi connectivity index (χ0n) is 10.4. The molecule has 0 spiro atoms. The van der Waals surface area contributed by atoms with E-state index in [0.29, 0.717) is 5.92 Å². The molecule has 3 atom stereocenters. The highest BCUT2D eigenvalue weighted by molar-refractivity contribution is 5.86. The Labute approximate surface area is 103 Å². The summed E-state index contributed by atoms with van der Waals surface area (Å²) in [6, 6.07) is 8.10. The minimum Gasteiger partial charge on any atom is -0.375 e. The minimum atomic E-state index is -0.0853. The maximum absolute atomic E-state index is 11.7. The maximum Gasteiger partial charge on any atom is 0.152 e. The van der Waals surface area contributed by atoms with E-state index in [4.69, 9.17) is 0 Å². The fraction of sp³-hybridized carbons (Fsp3) is 0.400. The van der Waals surface area contributed by atoms with Crippen molar-refractivity contribution in [1.82, 2.24) is 0 Å². The van der Waals surface area contributed by atoms with Gasteiger partial charge in [0.25, 0.3) is 0 Å². The van der Waals surface area contributed by atoms with Gasteiger partial charge in [-0.15, -0.1) is 6.58 Å². The third-order valence-electron chi connectivity index (χ3n) is 3.68. The summed E-state index contributed by atoms with van der Waals surface area (Å²) in [4.78, 5) is 11.7. The van der Waals surface area contributed by atoms with E-state index >= 15 is 0 Å². The zero-order valence-corrected chi connectivity index (χ0v) is 10.4. The number of rotatable bonds is 3. The van der Waals surface area contributed by atoms with E-state index in [-0.39, 0.29) is 17.7 Å². The molecule has 0 aromatic heterocycles. The van der Waals surface area contributed by atoms with Crippen molar-refractivity contribution in [1.29, 1.82) is 0 Å². The molecule has 2 rings (SSSR count). The summed E-state index contributed by atoms with van der Waals surface area (Å²) in [6.07, 6.45) is 2.95. The molecule has 1 N–H and O–H groups in total. The van der Waals surface area contributed by atoms with Crippen molar-refractivity contribution in [2.75, 3.05) is 5.32 Å². The van der Waals surface area contributed by atoms with Crippen LogP contribution in [-0.2, 0) is 4.79 Å². The van der Waals surface area contributed by atoms with Gasteiger partial charge in [0.1, 0.15) is 0 Å². The Morgan fingerprint density at radius 3 is 2.76 bits per heavy atom. The Bertz CT molecular complexity index is 438. The summed E-state index contributed by atoms with van der Waals surface area (Å²) in [7, 11) is 0. The molecular formula is C15H19NO. The number of nitrogens with one attached hydrogen (secondary N) is 1. The number of para-hydroxylation sites is 1. The topological polar surface area (TPSA) is 29.1 Å². The number of allylic oxidation sites excluding steroid dienone is 1. The lowest BCUT2D eigenvalue weighted by molar-refractivity contribution is -0.119. The highest BCUT2D eigenvalue weighted by Crippen LogP contribution is 2.40. The fourth-order valence-corrected chi connectivity index (χ4v) is 2.83. The molecule has 1 aromatic rings. The molecule has 17 heavy (non-hydrogen) atoms. The van der Waals surface area contributed by atoms with Gasteiger partial charge in [0.15, 0.2) is 5.78 Å². The van der Waals surface area contributed by atoms with Crippen molar-refractivity contribution in [2.45, 2.75) is 32.2 Å². The number of hydrogen-bond acceptors (Lipinski definition) is 2. The van der Waals surface area contributed by atoms with Crippen LogP contribution in [0.5, 0.6) is 0 Å². The number of carbonyl (C=O) groups is 1. The lowest BCUT2D eigenvalue weighted by Gasteiger charge is -2.38. The number of benzene rings is 1. The maximum atomic E-state index is 11.7. The molecule has 2 heteroatoms. The fourth-order valence-electron chi connectivity index (χ4n) is 2.83. The van der Waals surface area contributed by atoms with E-state index < -0.39 is 0 Å². The molecule has 1 heterocycles. The second-order valence-corrected chi connectivity index (χ2v) is 4.65. The van der Waals surface area contributed by atoms with Crippen LogP contribution < -0.4 is 5.32 Å². The molecule has 0 saturated heterocycles. The molecule has 1 aliphatic rings. The third kappa shape index (κ3) is 1.99. The van der Waals surface area contributed by atoms with Gasteiger partial charge in [-0.3, -0.25) is 4.79 Å². The lowest BCUT2D eigenvalue weighted by Crippen LogP contribution is -2.41. The Morgan fingerprint density at radius 1 is 1.47 bits per heavy atom. The SMILES string of the molecule is C=CC1c2ccccc2NC(C(C)=O)C1CC. The first-order valence-electron chi connectivity index (χ1n) is 6.17. The molecule has 1 aliphatic heterocycles. The number of ketones is 1. The summed E-state index contributed by atoms with van der Waals surface area (Å²) < 4.78 is 0. The summed E-state index contributed by atoms with van der Waals surface area (Å²) in [6.45, 7) is 7.73. The standard InChI is InChI=1S/C15H19NO/c1-4-11-12(5-2)15(10(3)17)16-14-9-7-6-8-13(11)14/h4,6-9,11-12,15-16H,1,5H2,2-3H3.